The summed E-state index contributed by atoms with van der Waals surface area (Å²) in [4.78, 5) is 158. The van der Waals surface area contributed by atoms with Gasteiger partial charge in [0.15, 0.2) is 12.1 Å². The Kier molecular flexibility index (Phi) is 27.1. The van der Waals surface area contributed by atoms with E-state index in [9.17, 15) is 83.1 Å². The van der Waals surface area contributed by atoms with Crippen molar-refractivity contribution >= 4 is 82.7 Å². The van der Waals surface area contributed by atoms with Crippen molar-refractivity contribution in [3.05, 3.63) is 11.8 Å². The van der Waals surface area contributed by atoms with Gasteiger partial charge in [-0.2, -0.15) is 0 Å². The molecule has 70 heavy (non-hydrogen) atoms. The van der Waals surface area contributed by atoms with Crippen molar-refractivity contribution in [3.63, 3.8) is 0 Å². The van der Waals surface area contributed by atoms with Crippen LogP contribution in [-0.2, 0) is 62.3 Å². The van der Waals surface area contributed by atoms with E-state index in [0.29, 0.717) is 6.42 Å². The second-order valence-corrected chi connectivity index (χ2v) is 15.8. The molecular formula is C39H63ClN12O18. The summed E-state index contributed by atoms with van der Waals surface area (Å²) in [5, 5.41) is 70.2. The van der Waals surface area contributed by atoms with Crippen LogP contribution in [0.3, 0.4) is 0 Å². The Morgan fingerprint density at radius 1 is 0.686 bits per heavy atom. The normalized spacial score (nSPS) is 26.4. The van der Waals surface area contributed by atoms with E-state index in [-0.39, 0.29) is 38.9 Å². The largest absolute Gasteiger partial charge is 0.481 e. The van der Waals surface area contributed by atoms with Gasteiger partial charge in [0.05, 0.1) is 24.5 Å². The number of hydrogen-bond donors (Lipinski definition) is 17. The lowest BCUT2D eigenvalue weighted by Gasteiger charge is -2.28. The Hall–Kier alpha value is -6.57. The number of aliphatic carboxylic acids is 2. The molecule has 0 bridgehead atoms. The molecule has 0 unspecified atom stereocenters. The monoisotopic (exact) mass is 1020 g/mol. The molecule has 1 fully saturated rings. The Bertz CT molecular complexity index is 1940. The average molecular weight is 1020 g/mol. The van der Waals surface area contributed by atoms with E-state index >= 15 is 0 Å². The first kappa shape index (κ1) is 61.4. The zero-order valence-electron chi connectivity index (χ0n) is 38.4. The van der Waals surface area contributed by atoms with Crippen molar-refractivity contribution < 1.29 is 87.8 Å². The number of carbonyl (C=O) groups is 12. The van der Waals surface area contributed by atoms with Crippen LogP contribution >= 0.6 is 11.6 Å². The van der Waals surface area contributed by atoms with Crippen LogP contribution in [0.4, 0.5) is 0 Å². The Balaban J connectivity index is 4.03. The second kappa shape index (κ2) is 30.8. The van der Waals surface area contributed by atoms with Crippen molar-refractivity contribution in [1.82, 2.24) is 47.9 Å². The number of carbonyl (C=O) groups excluding carboxylic acids is 10. The van der Waals surface area contributed by atoms with Crippen molar-refractivity contribution in [1.29, 1.82) is 0 Å². The van der Waals surface area contributed by atoms with E-state index in [4.69, 9.17) is 33.5 Å². The number of carboxylic acids is 2. The number of rotatable bonds is 16. The molecule has 0 radical (unpaired) electrons. The average Bonchev–Trinajstić information content (AvgIpc) is 3.29. The van der Waals surface area contributed by atoms with Crippen molar-refractivity contribution in [2.45, 2.75) is 126 Å². The number of amides is 9. The fourth-order valence-electron chi connectivity index (χ4n) is 6.21. The molecule has 0 saturated carbocycles. The standard InChI is InChI=1S/C39H63ClN12O18/c1-4-18-30(59)52-28(29(58)38(67)68)37(66)51-27(24(55)14-40)39(69)70-15-23(44-17(3)54)35(64)48-20(8-11-42)32(61)49-22(13-25(56)57)34(63)46-19(7-5-6-10-41)31(60)47-21(9-12-43)33(62)50-26(16(2)53)36(65)45-18/h4,16,19-24,26-29,53,55,58H,5-15,41-43H2,1-3H3,(H,44,54)(H,45,65)(H,46,63)(H,47,60)(H,48,64)(H,49,61)(H,50,62)(H,51,66)(H,52,59)(H,56,57)(H,67,68)/t16-,19-,20+,21-,22-,23-,24+,26-,27-,28-,29-/m0/s1. The Morgan fingerprint density at radius 2 is 1.19 bits per heavy atom. The highest BCUT2D eigenvalue weighted by molar-refractivity contribution is 6.18. The predicted octanol–water partition coefficient (Wildman–Crippen LogP) is -8.81. The van der Waals surface area contributed by atoms with Gasteiger partial charge in [0.25, 0.3) is 5.91 Å². The molecule has 20 N–H and O–H groups in total. The van der Waals surface area contributed by atoms with E-state index in [1.54, 1.807) is 0 Å². The molecule has 0 aromatic carbocycles. The molecule has 1 rings (SSSR count). The molecule has 1 saturated heterocycles. The lowest BCUT2D eigenvalue weighted by Crippen LogP contribution is -2.62. The minimum atomic E-state index is -2.80. The molecule has 0 aromatic heterocycles. The highest BCUT2D eigenvalue weighted by Gasteiger charge is 2.40. The SMILES string of the molecule is CC=C1NC(=O)[C@H]([C@H](C)O)NC(=O)[C@H](CCN)NC(=O)[C@H](CCCCN)NC(=O)[C@H](CC(=O)O)NC(=O)[C@@H](CCN)NC(=O)[C@@H](NC(C)=O)COC(=O)[C@H]([C@H](O)CCl)NC(=O)[C@H]([C@H](O)C(=O)O)NC1=O. The smallest absolute Gasteiger partial charge is 0.335 e. The van der Waals surface area contributed by atoms with Crippen LogP contribution in [-0.4, -0.2) is 195 Å². The number of carboxylic acid groups (broad SMARTS) is 2. The lowest BCUT2D eigenvalue weighted by molar-refractivity contribution is -0.155. The van der Waals surface area contributed by atoms with Crippen LogP contribution in [0.5, 0.6) is 0 Å². The zero-order chi connectivity index (χ0) is 53.4. The highest BCUT2D eigenvalue weighted by Crippen LogP contribution is 2.09. The lowest BCUT2D eigenvalue weighted by atomic mass is 10.0. The van der Waals surface area contributed by atoms with Crippen LogP contribution in [0.1, 0.15) is 59.3 Å². The van der Waals surface area contributed by atoms with Gasteiger partial charge >= 0.3 is 17.9 Å². The summed E-state index contributed by atoms with van der Waals surface area (Å²) in [5.74, 6) is -17.5. The number of esters is 1. The summed E-state index contributed by atoms with van der Waals surface area (Å²) < 4.78 is 5.10. The quantitative estimate of drug-likeness (QED) is 0.0295. The van der Waals surface area contributed by atoms with E-state index in [1.807, 2.05) is 10.6 Å². The number of aliphatic hydroxyl groups is 3. The molecule has 11 atom stereocenters. The molecule has 0 spiro atoms. The van der Waals surface area contributed by atoms with Gasteiger partial charge in [-0.25, -0.2) is 9.59 Å². The minimum Gasteiger partial charge on any atom is -0.481 e. The molecule has 0 aromatic rings. The minimum absolute atomic E-state index is 0.134. The molecule has 1 heterocycles. The van der Waals surface area contributed by atoms with E-state index in [2.05, 4.69) is 37.2 Å². The number of allylic oxidation sites excluding steroid dienone is 1. The number of halogens is 1. The first-order valence-electron chi connectivity index (χ1n) is 21.6. The first-order chi connectivity index (χ1) is 32.9. The Labute approximate surface area is 404 Å². The number of ether oxygens (including phenoxy) is 1. The Morgan fingerprint density at radius 3 is 1.66 bits per heavy atom. The molecule has 0 aliphatic carbocycles. The molecule has 394 valence electrons. The maximum atomic E-state index is 13.8. The van der Waals surface area contributed by atoms with Crippen molar-refractivity contribution in [2.24, 2.45) is 17.2 Å². The third-order valence-electron chi connectivity index (χ3n) is 9.94. The van der Waals surface area contributed by atoms with Crippen LogP contribution in [0.25, 0.3) is 0 Å². The molecule has 31 heteroatoms. The summed E-state index contributed by atoms with van der Waals surface area (Å²) >= 11 is 5.74. The fraction of sp³-hybridized carbons (Fsp3) is 0.641. The van der Waals surface area contributed by atoms with Crippen molar-refractivity contribution in [2.75, 3.05) is 32.1 Å². The van der Waals surface area contributed by atoms with Gasteiger partial charge in [-0.1, -0.05) is 6.08 Å². The predicted molar refractivity (Wildman–Crippen MR) is 239 cm³/mol. The van der Waals surface area contributed by atoms with Gasteiger partial charge in [-0.3, -0.25) is 47.9 Å². The fourth-order valence-corrected chi connectivity index (χ4v) is 6.39. The van der Waals surface area contributed by atoms with Gasteiger partial charge in [0, 0.05) is 6.92 Å². The number of aliphatic hydroxyl groups excluding tert-OH is 3. The maximum Gasteiger partial charge on any atom is 0.335 e. The van der Waals surface area contributed by atoms with Crippen molar-refractivity contribution in [3.8, 4) is 0 Å². The number of alkyl halides is 1. The first-order valence-corrected chi connectivity index (χ1v) is 22.1. The van der Waals surface area contributed by atoms with Crippen LogP contribution in [0.2, 0.25) is 0 Å². The maximum absolute atomic E-state index is 13.8. The van der Waals surface area contributed by atoms with Crippen LogP contribution in [0.15, 0.2) is 11.8 Å². The van der Waals surface area contributed by atoms with E-state index < -0.39 is 169 Å². The molecule has 9 amide bonds. The molecular weight excluding hydrogens is 960 g/mol. The van der Waals surface area contributed by atoms with Gasteiger partial charge in [-0.05, 0) is 65.6 Å². The van der Waals surface area contributed by atoms with E-state index in [0.717, 1.165) is 19.9 Å². The third-order valence-corrected chi connectivity index (χ3v) is 10.3. The summed E-state index contributed by atoms with van der Waals surface area (Å²) in [6, 6.07) is -15.5. The van der Waals surface area contributed by atoms with E-state index in [1.165, 1.54) is 6.92 Å². The summed E-state index contributed by atoms with van der Waals surface area (Å²) in [5.41, 5.74) is 16.2. The zero-order valence-corrected chi connectivity index (χ0v) is 39.1. The van der Waals surface area contributed by atoms with Gasteiger partial charge < -0.3 is 95.3 Å². The number of nitrogens with one attached hydrogen (secondary N) is 9. The van der Waals surface area contributed by atoms with Crippen LogP contribution < -0.4 is 65.1 Å². The highest BCUT2D eigenvalue weighted by atomic mass is 35.5. The second-order valence-electron chi connectivity index (χ2n) is 15.5. The molecule has 1 aliphatic rings. The summed E-state index contributed by atoms with van der Waals surface area (Å²) in [6.45, 7) is 1.55. The van der Waals surface area contributed by atoms with Gasteiger partial charge in [-0.15, -0.1) is 11.6 Å². The number of cyclic esters (lactones) is 1. The number of unbranched alkanes of at least 4 members (excludes halogenated alkanes) is 1. The topological polar surface area (TPSA) is 502 Å². The summed E-state index contributed by atoms with van der Waals surface area (Å²) in [7, 11) is 0. The van der Waals surface area contributed by atoms with Gasteiger partial charge in [0.1, 0.15) is 54.6 Å². The summed E-state index contributed by atoms with van der Waals surface area (Å²) in [6.07, 6.45) is -7.24. The number of hydrogen-bond acceptors (Lipinski definition) is 19. The third kappa shape index (κ3) is 20.2. The van der Waals surface area contributed by atoms with Gasteiger partial charge in [0.2, 0.25) is 47.3 Å². The number of nitrogens with two attached hydrogens (primary N) is 3. The molecule has 30 nitrogen and oxygen atoms in total. The molecule has 1 aliphatic heterocycles. The van der Waals surface area contributed by atoms with Crippen LogP contribution in [0, 0.1) is 0 Å².